The number of likely N-dealkylation sites (N-methyl/N-ethyl adjacent to an activating group) is 1. The van der Waals surface area contributed by atoms with Crippen LogP contribution in [0.1, 0.15) is 27.1 Å². The molecule has 0 aliphatic carbocycles. The van der Waals surface area contributed by atoms with E-state index in [0.717, 1.165) is 38.2 Å². The van der Waals surface area contributed by atoms with E-state index in [1.54, 1.807) is 19.4 Å². The second kappa shape index (κ2) is 9.88. The molecule has 3 heterocycles. The molecule has 1 aliphatic heterocycles. The third kappa shape index (κ3) is 4.79. The molecular weight excluding hydrogens is 408 g/mol. The molecule has 2 N–H and O–H groups in total. The summed E-state index contributed by atoms with van der Waals surface area (Å²) in [4.78, 5) is 41.5. The number of pyridine rings is 1. The van der Waals surface area contributed by atoms with Crippen molar-refractivity contribution >= 4 is 23.0 Å². The van der Waals surface area contributed by atoms with E-state index >= 15 is 0 Å². The zero-order valence-corrected chi connectivity index (χ0v) is 18.4. The van der Waals surface area contributed by atoms with Crippen LogP contribution in [0.3, 0.4) is 0 Å². The molecule has 32 heavy (non-hydrogen) atoms. The Morgan fingerprint density at radius 3 is 2.59 bits per heavy atom. The molecule has 4 rings (SSSR count). The lowest BCUT2D eigenvalue weighted by Crippen LogP contribution is -2.47. The standard InChI is InChI=1S/C23H28N6O3/c1-28-11-13-29(14-12-28)23(31)17-6-4-16(5-7-17)20-26-19-18(8-10-24-21(19)27-20)22(30)25-9-3-15-32-2/h4-8,10H,3,9,11-15H2,1-2H3,(H,25,30)(H,24,26,27). The van der Waals surface area contributed by atoms with Crippen LogP contribution in [0, 0.1) is 0 Å². The smallest absolute Gasteiger partial charge is 0.253 e. The Labute approximate surface area is 186 Å². The molecule has 9 heteroatoms. The Balaban J connectivity index is 1.50. The summed E-state index contributed by atoms with van der Waals surface area (Å²) >= 11 is 0. The molecule has 1 saturated heterocycles. The number of carbonyl (C=O) groups is 2. The maximum atomic E-state index is 12.8. The van der Waals surface area contributed by atoms with Gasteiger partial charge in [0.05, 0.1) is 11.1 Å². The van der Waals surface area contributed by atoms with Gasteiger partial charge in [-0.25, -0.2) is 9.97 Å². The fourth-order valence-electron chi connectivity index (χ4n) is 3.71. The minimum atomic E-state index is -0.183. The van der Waals surface area contributed by atoms with E-state index in [4.69, 9.17) is 4.74 Å². The molecule has 0 bridgehead atoms. The quantitative estimate of drug-likeness (QED) is 0.547. The molecule has 2 amide bonds. The predicted molar refractivity (Wildman–Crippen MR) is 122 cm³/mol. The average Bonchev–Trinajstić information content (AvgIpc) is 3.26. The first kappa shape index (κ1) is 21.9. The van der Waals surface area contributed by atoms with Crippen LogP contribution in [0.25, 0.3) is 22.6 Å². The number of aromatic amines is 1. The number of imidazole rings is 1. The number of piperazine rings is 1. The summed E-state index contributed by atoms with van der Waals surface area (Å²) in [5.41, 5.74) is 3.03. The van der Waals surface area contributed by atoms with Gasteiger partial charge in [0.1, 0.15) is 5.82 Å². The second-order valence-corrected chi connectivity index (χ2v) is 7.92. The van der Waals surface area contributed by atoms with Crippen LogP contribution in [-0.2, 0) is 4.74 Å². The molecule has 3 aromatic rings. The van der Waals surface area contributed by atoms with Crippen LogP contribution in [0.2, 0.25) is 0 Å². The molecule has 0 radical (unpaired) electrons. The van der Waals surface area contributed by atoms with E-state index in [1.807, 2.05) is 29.2 Å². The summed E-state index contributed by atoms with van der Waals surface area (Å²) in [6.07, 6.45) is 2.32. The molecule has 0 atom stereocenters. The number of methoxy groups -OCH3 is 1. The van der Waals surface area contributed by atoms with E-state index < -0.39 is 0 Å². The number of rotatable bonds is 7. The minimum absolute atomic E-state index is 0.0448. The van der Waals surface area contributed by atoms with E-state index in [-0.39, 0.29) is 11.8 Å². The molecule has 1 aliphatic rings. The molecule has 1 fully saturated rings. The fourth-order valence-corrected chi connectivity index (χ4v) is 3.71. The van der Waals surface area contributed by atoms with Gasteiger partial charge in [0.25, 0.3) is 11.8 Å². The summed E-state index contributed by atoms with van der Waals surface area (Å²) in [6, 6.07) is 9.05. The number of ether oxygens (including phenoxy) is 1. The summed E-state index contributed by atoms with van der Waals surface area (Å²) in [6.45, 7) is 4.37. The van der Waals surface area contributed by atoms with Gasteiger partial charge in [0.2, 0.25) is 0 Å². The highest BCUT2D eigenvalue weighted by Crippen LogP contribution is 2.22. The maximum Gasteiger partial charge on any atom is 0.253 e. The van der Waals surface area contributed by atoms with Crippen molar-refractivity contribution in [3.05, 3.63) is 47.7 Å². The Hall–Kier alpha value is -3.30. The summed E-state index contributed by atoms with van der Waals surface area (Å²) < 4.78 is 5.01. The molecule has 0 spiro atoms. The lowest BCUT2D eigenvalue weighted by atomic mass is 10.1. The first-order valence-corrected chi connectivity index (χ1v) is 10.8. The number of nitrogens with one attached hydrogen (secondary N) is 2. The lowest BCUT2D eigenvalue weighted by Gasteiger charge is -2.32. The molecule has 2 aromatic heterocycles. The van der Waals surface area contributed by atoms with Gasteiger partial charge in [0, 0.05) is 63.8 Å². The number of carbonyl (C=O) groups excluding carboxylic acids is 2. The topological polar surface area (TPSA) is 103 Å². The maximum absolute atomic E-state index is 12.8. The monoisotopic (exact) mass is 436 g/mol. The largest absolute Gasteiger partial charge is 0.385 e. The molecule has 0 unspecified atom stereocenters. The highest BCUT2D eigenvalue weighted by atomic mass is 16.5. The molecule has 168 valence electrons. The van der Waals surface area contributed by atoms with Crippen LogP contribution in [0.5, 0.6) is 0 Å². The van der Waals surface area contributed by atoms with Gasteiger partial charge >= 0.3 is 0 Å². The normalized spacial score (nSPS) is 14.6. The van der Waals surface area contributed by atoms with Crippen molar-refractivity contribution in [1.29, 1.82) is 0 Å². The molecule has 9 nitrogen and oxygen atoms in total. The summed E-state index contributed by atoms with van der Waals surface area (Å²) in [5.74, 6) is 0.464. The molecule has 0 saturated carbocycles. The fraction of sp³-hybridized carbons (Fsp3) is 0.391. The SMILES string of the molecule is COCCCNC(=O)c1ccnc2nc(-c3ccc(C(=O)N4CCN(C)CC4)cc3)[nH]c12. The van der Waals surface area contributed by atoms with Crippen molar-refractivity contribution in [2.75, 3.05) is 53.5 Å². The van der Waals surface area contributed by atoms with Crippen molar-refractivity contribution in [3.8, 4) is 11.4 Å². The Bertz CT molecular complexity index is 1090. The van der Waals surface area contributed by atoms with E-state index in [9.17, 15) is 9.59 Å². The number of hydrogen-bond acceptors (Lipinski definition) is 6. The van der Waals surface area contributed by atoms with Gasteiger partial charge in [-0.1, -0.05) is 12.1 Å². The lowest BCUT2D eigenvalue weighted by molar-refractivity contribution is 0.0664. The second-order valence-electron chi connectivity index (χ2n) is 7.92. The Morgan fingerprint density at radius 2 is 1.88 bits per heavy atom. The van der Waals surface area contributed by atoms with Crippen molar-refractivity contribution in [2.24, 2.45) is 0 Å². The van der Waals surface area contributed by atoms with Crippen LogP contribution in [0.15, 0.2) is 36.5 Å². The minimum Gasteiger partial charge on any atom is -0.385 e. The first-order chi connectivity index (χ1) is 15.6. The number of amides is 2. The molecule has 1 aromatic carbocycles. The van der Waals surface area contributed by atoms with E-state index in [2.05, 4.69) is 32.2 Å². The van der Waals surface area contributed by atoms with Crippen LogP contribution >= 0.6 is 0 Å². The summed E-state index contributed by atoms with van der Waals surface area (Å²) in [7, 11) is 3.70. The number of fused-ring (bicyclic) bond motifs is 1. The highest BCUT2D eigenvalue weighted by molar-refractivity contribution is 6.04. The van der Waals surface area contributed by atoms with Gasteiger partial charge < -0.3 is 24.8 Å². The van der Waals surface area contributed by atoms with Gasteiger partial charge in [-0.05, 0) is 31.7 Å². The van der Waals surface area contributed by atoms with Crippen LogP contribution < -0.4 is 5.32 Å². The molecular formula is C23H28N6O3. The third-order valence-electron chi connectivity index (χ3n) is 5.64. The van der Waals surface area contributed by atoms with Crippen LogP contribution in [0.4, 0.5) is 0 Å². The van der Waals surface area contributed by atoms with Crippen molar-refractivity contribution in [2.45, 2.75) is 6.42 Å². The summed E-state index contributed by atoms with van der Waals surface area (Å²) in [5, 5.41) is 2.89. The van der Waals surface area contributed by atoms with Crippen molar-refractivity contribution in [1.82, 2.24) is 30.1 Å². The number of hydrogen-bond donors (Lipinski definition) is 2. The first-order valence-electron chi connectivity index (χ1n) is 10.8. The number of nitrogens with zero attached hydrogens (tertiary/aromatic N) is 4. The van der Waals surface area contributed by atoms with Gasteiger partial charge in [-0.15, -0.1) is 0 Å². The third-order valence-corrected chi connectivity index (χ3v) is 5.64. The van der Waals surface area contributed by atoms with Crippen molar-refractivity contribution in [3.63, 3.8) is 0 Å². The number of H-pyrrole nitrogens is 1. The predicted octanol–water partition coefficient (Wildman–Crippen LogP) is 1.78. The Morgan fingerprint density at radius 1 is 1.12 bits per heavy atom. The van der Waals surface area contributed by atoms with E-state index in [1.165, 1.54) is 0 Å². The number of aromatic nitrogens is 3. The zero-order chi connectivity index (χ0) is 22.5. The average molecular weight is 437 g/mol. The van der Waals surface area contributed by atoms with Gasteiger partial charge in [-0.3, -0.25) is 9.59 Å². The van der Waals surface area contributed by atoms with Crippen molar-refractivity contribution < 1.29 is 14.3 Å². The zero-order valence-electron chi connectivity index (χ0n) is 18.4. The van der Waals surface area contributed by atoms with E-state index in [0.29, 0.717) is 41.3 Å². The van der Waals surface area contributed by atoms with Gasteiger partial charge in [0.15, 0.2) is 5.65 Å². The van der Waals surface area contributed by atoms with Crippen LogP contribution in [-0.4, -0.2) is 90.1 Å². The van der Waals surface area contributed by atoms with Gasteiger partial charge in [-0.2, -0.15) is 0 Å². The highest BCUT2D eigenvalue weighted by Gasteiger charge is 2.20. The number of benzene rings is 1. The Kier molecular flexibility index (Phi) is 6.77.